The maximum Gasteiger partial charge on any atom is 0.338 e. The summed E-state index contributed by atoms with van der Waals surface area (Å²) in [5.41, 5.74) is 7.60. The van der Waals surface area contributed by atoms with Crippen LogP contribution >= 0.6 is 0 Å². The van der Waals surface area contributed by atoms with Crippen molar-refractivity contribution < 1.29 is 14.1 Å². The van der Waals surface area contributed by atoms with Gasteiger partial charge in [0.1, 0.15) is 0 Å². The first-order valence-electron chi connectivity index (χ1n) is 6.70. The lowest BCUT2D eigenvalue weighted by molar-refractivity contribution is 0.0526. The summed E-state index contributed by atoms with van der Waals surface area (Å²) < 4.78 is 9.81. The molecule has 0 saturated heterocycles. The maximum absolute atomic E-state index is 11.6. The first-order valence-corrected chi connectivity index (χ1v) is 6.70. The van der Waals surface area contributed by atoms with Gasteiger partial charge in [0.25, 0.3) is 0 Å². The van der Waals surface area contributed by atoms with Crippen molar-refractivity contribution in [1.29, 1.82) is 0 Å². The maximum atomic E-state index is 11.6. The predicted octanol–water partition coefficient (Wildman–Crippen LogP) is 1.79. The first kappa shape index (κ1) is 14.8. The third-order valence-electron chi connectivity index (χ3n) is 2.80. The van der Waals surface area contributed by atoms with Crippen LogP contribution in [0.4, 0.5) is 11.4 Å². The molecule has 112 valence electrons. The summed E-state index contributed by atoms with van der Waals surface area (Å²) in [4.78, 5) is 15.7. The lowest BCUT2D eigenvalue weighted by atomic mass is 10.1. The van der Waals surface area contributed by atoms with Crippen LogP contribution in [0, 0.1) is 6.92 Å². The van der Waals surface area contributed by atoms with Crippen molar-refractivity contribution in [3.8, 4) is 0 Å². The minimum Gasteiger partial charge on any atom is -0.462 e. The van der Waals surface area contributed by atoms with Crippen LogP contribution in [0.15, 0.2) is 22.7 Å². The Hall–Kier alpha value is -2.57. The fourth-order valence-corrected chi connectivity index (χ4v) is 1.82. The first-order chi connectivity index (χ1) is 10.1. The van der Waals surface area contributed by atoms with Gasteiger partial charge in [0.2, 0.25) is 5.89 Å². The van der Waals surface area contributed by atoms with Gasteiger partial charge in [-0.15, -0.1) is 0 Å². The number of nitrogens with zero attached hydrogens (tertiary/aromatic N) is 2. The number of rotatable bonds is 6. The van der Waals surface area contributed by atoms with E-state index in [4.69, 9.17) is 15.0 Å². The summed E-state index contributed by atoms with van der Waals surface area (Å²) in [6.45, 7) is 4.46. The lowest BCUT2D eigenvalue weighted by Crippen LogP contribution is -2.10. The van der Waals surface area contributed by atoms with E-state index in [2.05, 4.69) is 15.5 Å². The Morgan fingerprint density at radius 3 is 2.90 bits per heavy atom. The van der Waals surface area contributed by atoms with Gasteiger partial charge < -0.3 is 20.3 Å². The molecule has 0 amide bonds. The Labute approximate surface area is 122 Å². The summed E-state index contributed by atoms with van der Waals surface area (Å²) >= 11 is 0. The quantitative estimate of drug-likeness (QED) is 0.617. The molecule has 2 rings (SSSR count). The zero-order chi connectivity index (χ0) is 15.2. The Morgan fingerprint density at radius 2 is 2.29 bits per heavy atom. The van der Waals surface area contributed by atoms with E-state index in [1.807, 2.05) is 0 Å². The topological polar surface area (TPSA) is 103 Å². The smallest absolute Gasteiger partial charge is 0.338 e. The number of esters is 1. The number of nitrogens with one attached hydrogen (secondary N) is 1. The molecule has 0 aliphatic carbocycles. The third kappa shape index (κ3) is 3.95. The number of nitrogen functional groups attached to an aromatic ring is 1. The van der Waals surface area contributed by atoms with Crippen LogP contribution in [0.2, 0.25) is 0 Å². The molecule has 0 unspecified atom stereocenters. The Bertz CT molecular complexity index is 624. The van der Waals surface area contributed by atoms with Crippen molar-refractivity contribution in [2.75, 3.05) is 24.2 Å². The number of hydrogen-bond donors (Lipinski definition) is 2. The number of aryl methyl sites for hydroxylation is 1. The highest BCUT2D eigenvalue weighted by Gasteiger charge is 2.09. The standard InChI is InChI=1S/C14H18N4O3/c1-3-20-14(19)10-4-5-12(11(15)8-10)16-7-6-13-17-9(2)21-18-13/h4-5,8,16H,3,6-7,15H2,1-2H3. The summed E-state index contributed by atoms with van der Waals surface area (Å²) in [6.07, 6.45) is 0.621. The highest BCUT2D eigenvalue weighted by atomic mass is 16.5. The van der Waals surface area contributed by atoms with E-state index >= 15 is 0 Å². The molecular weight excluding hydrogens is 272 g/mol. The van der Waals surface area contributed by atoms with E-state index in [-0.39, 0.29) is 5.97 Å². The Kier molecular flexibility index (Phi) is 4.76. The number of anilines is 2. The van der Waals surface area contributed by atoms with Crippen molar-refractivity contribution in [1.82, 2.24) is 10.1 Å². The van der Waals surface area contributed by atoms with E-state index in [9.17, 15) is 4.79 Å². The van der Waals surface area contributed by atoms with Gasteiger partial charge in [-0.1, -0.05) is 5.16 Å². The molecule has 7 heteroatoms. The normalized spacial score (nSPS) is 10.4. The molecule has 0 radical (unpaired) electrons. The second-order valence-corrected chi connectivity index (χ2v) is 4.43. The van der Waals surface area contributed by atoms with Gasteiger partial charge in [0, 0.05) is 19.9 Å². The lowest BCUT2D eigenvalue weighted by Gasteiger charge is -2.09. The molecule has 0 saturated carbocycles. The van der Waals surface area contributed by atoms with E-state index in [1.165, 1.54) is 0 Å². The molecule has 1 aromatic heterocycles. The Morgan fingerprint density at radius 1 is 1.48 bits per heavy atom. The fourth-order valence-electron chi connectivity index (χ4n) is 1.82. The Balaban J connectivity index is 1.93. The van der Waals surface area contributed by atoms with Gasteiger partial charge in [-0.25, -0.2) is 4.79 Å². The number of ether oxygens (including phenoxy) is 1. The SMILES string of the molecule is CCOC(=O)c1ccc(NCCc2noc(C)n2)c(N)c1. The van der Waals surface area contributed by atoms with Gasteiger partial charge >= 0.3 is 5.97 Å². The minimum atomic E-state index is -0.377. The third-order valence-corrected chi connectivity index (χ3v) is 2.80. The van der Waals surface area contributed by atoms with Gasteiger partial charge in [-0.3, -0.25) is 0 Å². The highest BCUT2D eigenvalue weighted by molar-refractivity contribution is 5.91. The zero-order valence-electron chi connectivity index (χ0n) is 12.0. The molecule has 21 heavy (non-hydrogen) atoms. The molecule has 0 fully saturated rings. The average Bonchev–Trinajstić information content (AvgIpc) is 2.86. The monoisotopic (exact) mass is 290 g/mol. The number of aromatic nitrogens is 2. The van der Waals surface area contributed by atoms with Crippen LogP contribution < -0.4 is 11.1 Å². The van der Waals surface area contributed by atoms with Crippen molar-refractivity contribution in [3.05, 3.63) is 35.5 Å². The van der Waals surface area contributed by atoms with Crippen LogP contribution in [0.1, 0.15) is 29.0 Å². The van der Waals surface area contributed by atoms with Crippen molar-refractivity contribution >= 4 is 17.3 Å². The van der Waals surface area contributed by atoms with Gasteiger partial charge in [0.15, 0.2) is 5.82 Å². The number of hydrogen-bond acceptors (Lipinski definition) is 7. The van der Waals surface area contributed by atoms with Crippen LogP contribution in [0.25, 0.3) is 0 Å². The highest BCUT2D eigenvalue weighted by Crippen LogP contribution is 2.20. The molecule has 0 atom stereocenters. The molecule has 1 aromatic carbocycles. The van der Waals surface area contributed by atoms with Crippen LogP contribution in [-0.2, 0) is 11.2 Å². The molecule has 2 aromatic rings. The molecule has 0 bridgehead atoms. The van der Waals surface area contributed by atoms with E-state index in [0.717, 1.165) is 5.69 Å². The molecule has 0 aliphatic heterocycles. The van der Waals surface area contributed by atoms with E-state index in [1.54, 1.807) is 32.0 Å². The van der Waals surface area contributed by atoms with Crippen LogP contribution in [0.5, 0.6) is 0 Å². The summed E-state index contributed by atoms with van der Waals surface area (Å²) in [7, 11) is 0. The fraction of sp³-hybridized carbons (Fsp3) is 0.357. The van der Waals surface area contributed by atoms with Gasteiger partial charge in [-0.05, 0) is 25.1 Å². The number of benzene rings is 1. The molecular formula is C14H18N4O3. The summed E-state index contributed by atoms with van der Waals surface area (Å²) in [5.74, 6) is 0.808. The van der Waals surface area contributed by atoms with Crippen molar-refractivity contribution in [2.24, 2.45) is 0 Å². The largest absolute Gasteiger partial charge is 0.462 e. The second-order valence-electron chi connectivity index (χ2n) is 4.43. The number of carbonyl (C=O) groups is 1. The van der Waals surface area contributed by atoms with Gasteiger partial charge in [0.05, 0.1) is 23.5 Å². The molecule has 3 N–H and O–H groups in total. The van der Waals surface area contributed by atoms with E-state index < -0.39 is 0 Å². The number of carbonyl (C=O) groups excluding carboxylic acids is 1. The van der Waals surface area contributed by atoms with Crippen molar-refractivity contribution in [2.45, 2.75) is 20.3 Å². The predicted molar refractivity (Wildman–Crippen MR) is 78.0 cm³/mol. The average molecular weight is 290 g/mol. The molecule has 0 spiro atoms. The van der Waals surface area contributed by atoms with Crippen LogP contribution in [0.3, 0.4) is 0 Å². The summed E-state index contributed by atoms with van der Waals surface area (Å²) in [6, 6.07) is 5.02. The minimum absolute atomic E-state index is 0.336. The van der Waals surface area contributed by atoms with E-state index in [0.29, 0.717) is 42.5 Å². The molecule has 7 nitrogen and oxygen atoms in total. The zero-order valence-corrected chi connectivity index (χ0v) is 12.0. The molecule has 0 aliphatic rings. The van der Waals surface area contributed by atoms with Gasteiger partial charge in [-0.2, -0.15) is 4.98 Å². The number of nitrogens with two attached hydrogens (primary N) is 1. The molecule has 1 heterocycles. The van der Waals surface area contributed by atoms with Crippen LogP contribution in [-0.4, -0.2) is 29.3 Å². The van der Waals surface area contributed by atoms with Crippen molar-refractivity contribution in [3.63, 3.8) is 0 Å². The second kappa shape index (κ2) is 6.74. The summed E-state index contributed by atoms with van der Waals surface area (Å²) in [5, 5.41) is 6.98.